The molecule has 0 saturated heterocycles. The Morgan fingerprint density at radius 3 is 2.72 bits per heavy atom. The number of benzene rings is 1. The molecule has 1 unspecified atom stereocenters. The number of aliphatic carboxylic acids is 1. The Hall–Kier alpha value is -2.70. The summed E-state index contributed by atoms with van der Waals surface area (Å²) in [7, 11) is 0. The lowest BCUT2D eigenvalue weighted by Crippen LogP contribution is -2.32. The van der Waals surface area contributed by atoms with Crippen LogP contribution in [0.1, 0.15) is 38.1 Å². The highest BCUT2D eigenvalue weighted by Gasteiger charge is 2.28. The first-order valence-electron chi connectivity index (χ1n) is 8.28. The molecule has 0 spiro atoms. The largest absolute Gasteiger partial charge is 0.480 e. The van der Waals surface area contributed by atoms with Crippen LogP contribution in [0.2, 0.25) is 0 Å². The molecule has 7 heteroatoms. The first kappa shape index (κ1) is 17.1. The van der Waals surface area contributed by atoms with E-state index < -0.39 is 23.4 Å². The molecule has 1 aromatic heterocycles. The van der Waals surface area contributed by atoms with Crippen molar-refractivity contribution in [2.24, 2.45) is 5.92 Å². The Kier molecular flexibility index (Phi) is 5.11. The quantitative estimate of drug-likeness (QED) is 0.867. The third-order valence-corrected chi connectivity index (χ3v) is 4.48. The zero-order valence-corrected chi connectivity index (χ0v) is 13.6. The summed E-state index contributed by atoms with van der Waals surface area (Å²) in [5.41, 5.74) is -0.584. The van der Waals surface area contributed by atoms with Gasteiger partial charge in [-0.1, -0.05) is 37.8 Å². The standard InChI is InChI=1S/C18H19FN2O4/c19-14-7-3-4-8-16(14)25-13-10-17(22)21(20-11-13)15(18(23)24)9-12-5-1-2-6-12/h3-4,7-8,10-12,15H,1-2,5-6,9H2,(H,23,24). The molecule has 1 N–H and O–H groups in total. The van der Waals surface area contributed by atoms with E-state index in [0.29, 0.717) is 12.3 Å². The van der Waals surface area contributed by atoms with Crippen LogP contribution in [0.4, 0.5) is 4.39 Å². The first-order valence-corrected chi connectivity index (χ1v) is 8.28. The average Bonchev–Trinajstić information content (AvgIpc) is 3.08. The summed E-state index contributed by atoms with van der Waals surface area (Å²) in [6.45, 7) is 0. The maximum Gasteiger partial charge on any atom is 0.328 e. The predicted molar refractivity (Wildman–Crippen MR) is 88.2 cm³/mol. The molecule has 25 heavy (non-hydrogen) atoms. The first-order chi connectivity index (χ1) is 12.0. The zero-order chi connectivity index (χ0) is 17.8. The van der Waals surface area contributed by atoms with Crippen molar-refractivity contribution < 1.29 is 19.0 Å². The van der Waals surface area contributed by atoms with E-state index in [1.807, 2.05) is 0 Å². The van der Waals surface area contributed by atoms with Crippen molar-refractivity contribution in [3.05, 3.63) is 52.7 Å². The summed E-state index contributed by atoms with van der Waals surface area (Å²) in [4.78, 5) is 23.9. The molecule has 1 atom stereocenters. The van der Waals surface area contributed by atoms with E-state index in [4.69, 9.17) is 4.74 Å². The Morgan fingerprint density at radius 1 is 1.36 bits per heavy atom. The summed E-state index contributed by atoms with van der Waals surface area (Å²) in [5, 5.41) is 13.4. The van der Waals surface area contributed by atoms with Crippen LogP contribution in [-0.4, -0.2) is 20.9 Å². The van der Waals surface area contributed by atoms with Gasteiger partial charge in [-0.2, -0.15) is 5.10 Å². The van der Waals surface area contributed by atoms with Crippen LogP contribution >= 0.6 is 0 Å². The number of nitrogens with zero attached hydrogens (tertiary/aromatic N) is 2. The Labute approximate surface area is 143 Å². The van der Waals surface area contributed by atoms with Gasteiger partial charge in [0.1, 0.15) is 0 Å². The number of carboxylic acid groups (broad SMARTS) is 1. The number of hydrogen-bond donors (Lipinski definition) is 1. The lowest BCUT2D eigenvalue weighted by Gasteiger charge is -2.18. The fourth-order valence-corrected chi connectivity index (χ4v) is 3.21. The van der Waals surface area contributed by atoms with Gasteiger partial charge in [-0.3, -0.25) is 4.79 Å². The van der Waals surface area contributed by atoms with Crippen LogP contribution in [-0.2, 0) is 4.79 Å². The van der Waals surface area contributed by atoms with Crippen molar-refractivity contribution in [3.8, 4) is 11.5 Å². The van der Waals surface area contributed by atoms with Crippen LogP contribution in [0.3, 0.4) is 0 Å². The van der Waals surface area contributed by atoms with Crippen molar-refractivity contribution in [2.45, 2.75) is 38.1 Å². The summed E-state index contributed by atoms with van der Waals surface area (Å²) >= 11 is 0. The van der Waals surface area contributed by atoms with E-state index in [9.17, 15) is 19.1 Å². The second-order valence-electron chi connectivity index (χ2n) is 6.25. The van der Waals surface area contributed by atoms with Crippen molar-refractivity contribution in [3.63, 3.8) is 0 Å². The van der Waals surface area contributed by atoms with Gasteiger partial charge < -0.3 is 9.84 Å². The molecule has 0 bridgehead atoms. The molecule has 6 nitrogen and oxygen atoms in total. The Balaban J connectivity index is 1.81. The van der Waals surface area contributed by atoms with Crippen LogP contribution < -0.4 is 10.3 Å². The van der Waals surface area contributed by atoms with Gasteiger partial charge in [-0.05, 0) is 24.5 Å². The second-order valence-corrected chi connectivity index (χ2v) is 6.25. The zero-order valence-electron chi connectivity index (χ0n) is 13.6. The molecule has 1 saturated carbocycles. The maximum atomic E-state index is 13.6. The van der Waals surface area contributed by atoms with Crippen molar-refractivity contribution in [2.75, 3.05) is 0 Å². The summed E-state index contributed by atoms with van der Waals surface area (Å²) in [6, 6.07) is 5.93. The minimum Gasteiger partial charge on any atom is -0.480 e. The molecule has 0 radical (unpaired) electrons. The second kappa shape index (κ2) is 7.46. The molecule has 132 valence electrons. The normalized spacial score (nSPS) is 15.9. The van der Waals surface area contributed by atoms with Gasteiger partial charge in [-0.15, -0.1) is 0 Å². The molecular formula is C18H19FN2O4. The lowest BCUT2D eigenvalue weighted by atomic mass is 9.98. The number of para-hydroxylation sites is 1. The van der Waals surface area contributed by atoms with Crippen LogP contribution in [0, 0.1) is 11.7 Å². The van der Waals surface area contributed by atoms with Crippen molar-refractivity contribution >= 4 is 5.97 Å². The minimum atomic E-state index is -1.08. The number of hydrogen-bond acceptors (Lipinski definition) is 4. The molecule has 1 aromatic carbocycles. The molecule has 1 heterocycles. The highest BCUT2D eigenvalue weighted by molar-refractivity contribution is 5.71. The van der Waals surface area contributed by atoms with Crippen LogP contribution in [0.25, 0.3) is 0 Å². The van der Waals surface area contributed by atoms with E-state index in [1.165, 1.54) is 24.4 Å². The molecule has 0 amide bonds. The number of halogens is 1. The predicted octanol–water partition coefficient (Wildman–Crippen LogP) is 3.38. The topological polar surface area (TPSA) is 81.4 Å². The Bertz CT molecular complexity index is 815. The van der Waals surface area contributed by atoms with Gasteiger partial charge in [0.15, 0.2) is 23.4 Å². The number of carboxylic acids is 1. The number of rotatable bonds is 6. The Morgan fingerprint density at radius 2 is 2.08 bits per heavy atom. The van der Waals surface area contributed by atoms with Gasteiger partial charge in [0.2, 0.25) is 0 Å². The SMILES string of the molecule is O=C(O)C(CC1CCCC1)n1ncc(Oc2ccccc2F)cc1=O. The smallest absolute Gasteiger partial charge is 0.328 e. The maximum absolute atomic E-state index is 13.6. The van der Waals surface area contributed by atoms with Crippen LogP contribution in [0.5, 0.6) is 11.5 Å². The average molecular weight is 346 g/mol. The monoisotopic (exact) mass is 346 g/mol. The fraction of sp³-hybridized carbons (Fsp3) is 0.389. The molecular weight excluding hydrogens is 327 g/mol. The number of carbonyl (C=O) groups is 1. The fourth-order valence-electron chi connectivity index (χ4n) is 3.21. The number of aromatic nitrogens is 2. The van der Waals surface area contributed by atoms with E-state index in [-0.39, 0.29) is 11.5 Å². The van der Waals surface area contributed by atoms with E-state index in [1.54, 1.807) is 6.07 Å². The van der Waals surface area contributed by atoms with E-state index in [0.717, 1.165) is 36.4 Å². The number of ether oxygens (including phenoxy) is 1. The van der Waals surface area contributed by atoms with Gasteiger partial charge in [0, 0.05) is 6.07 Å². The molecule has 1 aliphatic rings. The summed E-state index contributed by atoms with van der Waals surface area (Å²) in [5.74, 6) is -1.30. The molecule has 1 fully saturated rings. The summed E-state index contributed by atoms with van der Waals surface area (Å²) in [6.07, 6.45) is 5.76. The van der Waals surface area contributed by atoms with E-state index >= 15 is 0 Å². The molecule has 2 aromatic rings. The van der Waals surface area contributed by atoms with Gasteiger partial charge in [0.05, 0.1) is 6.20 Å². The van der Waals surface area contributed by atoms with Crippen LogP contribution in [0.15, 0.2) is 41.3 Å². The molecule has 0 aliphatic heterocycles. The molecule has 1 aliphatic carbocycles. The molecule has 3 rings (SSSR count). The third-order valence-electron chi connectivity index (χ3n) is 4.48. The minimum absolute atomic E-state index is 0.0257. The third kappa shape index (κ3) is 4.04. The highest BCUT2D eigenvalue weighted by Crippen LogP contribution is 2.31. The lowest BCUT2D eigenvalue weighted by molar-refractivity contribution is -0.142. The van der Waals surface area contributed by atoms with Gasteiger partial charge >= 0.3 is 5.97 Å². The van der Waals surface area contributed by atoms with E-state index in [2.05, 4.69) is 5.10 Å². The van der Waals surface area contributed by atoms with Gasteiger partial charge in [-0.25, -0.2) is 13.9 Å². The summed E-state index contributed by atoms with van der Waals surface area (Å²) < 4.78 is 19.9. The van der Waals surface area contributed by atoms with Gasteiger partial charge in [0.25, 0.3) is 5.56 Å². The highest BCUT2D eigenvalue weighted by atomic mass is 19.1. The van der Waals surface area contributed by atoms with Crippen molar-refractivity contribution in [1.29, 1.82) is 0 Å². The van der Waals surface area contributed by atoms with Crippen molar-refractivity contribution in [1.82, 2.24) is 9.78 Å².